The SMILES string of the molecule is CCCCOC(=O)[C@@H](N)CCCN(C(=N)NC(=O)OCc1ccccc1)C(=O)OCc1ccccc1. The number of ether oxygens (including phenoxy) is 3. The monoisotopic (exact) mass is 498 g/mol. The normalized spacial score (nSPS) is 11.2. The van der Waals surface area contributed by atoms with Crippen LogP contribution in [0.3, 0.4) is 0 Å². The fraction of sp³-hybridized carbons (Fsp3) is 0.385. The van der Waals surface area contributed by atoms with Crippen molar-refractivity contribution in [2.75, 3.05) is 13.2 Å². The van der Waals surface area contributed by atoms with Crippen LogP contribution in [0, 0.1) is 5.41 Å². The number of hydrogen-bond donors (Lipinski definition) is 3. The summed E-state index contributed by atoms with van der Waals surface area (Å²) in [5.41, 5.74) is 7.44. The number of hydrogen-bond acceptors (Lipinski definition) is 8. The highest BCUT2D eigenvalue weighted by Gasteiger charge is 2.23. The average molecular weight is 499 g/mol. The van der Waals surface area contributed by atoms with Crippen molar-refractivity contribution in [2.45, 2.75) is 51.9 Å². The van der Waals surface area contributed by atoms with Crippen LogP contribution in [0.5, 0.6) is 0 Å². The van der Waals surface area contributed by atoms with Gasteiger partial charge in [-0.3, -0.25) is 15.5 Å². The predicted molar refractivity (Wildman–Crippen MR) is 134 cm³/mol. The van der Waals surface area contributed by atoms with Crippen LogP contribution < -0.4 is 11.1 Å². The Morgan fingerprint density at radius 3 is 2.08 bits per heavy atom. The van der Waals surface area contributed by atoms with Gasteiger partial charge in [-0.15, -0.1) is 0 Å². The predicted octanol–water partition coefficient (Wildman–Crippen LogP) is 3.94. The zero-order valence-electron chi connectivity index (χ0n) is 20.5. The number of carbonyl (C=O) groups is 3. The lowest BCUT2D eigenvalue weighted by Crippen LogP contribution is -2.47. The number of rotatable bonds is 12. The fourth-order valence-electron chi connectivity index (χ4n) is 3.03. The summed E-state index contributed by atoms with van der Waals surface area (Å²) in [5.74, 6) is -1.02. The molecule has 194 valence electrons. The Hall–Kier alpha value is -3.92. The number of guanidine groups is 1. The van der Waals surface area contributed by atoms with Crippen LogP contribution in [0.25, 0.3) is 0 Å². The lowest BCUT2D eigenvalue weighted by Gasteiger charge is -2.23. The molecule has 0 aromatic heterocycles. The Balaban J connectivity index is 1.92. The van der Waals surface area contributed by atoms with E-state index in [4.69, 9.17) is 25.4 Å². The Morgan fingerprint density at radius 1 is 0.917 bits per heavy atom. The van der Waals surface area contributed by atoms with Crippen molar-refractivity contribution in [1.82, 2.24) is 10.2 Å². The summed E-state index contributed by atoms with van der Waals surface area (Å²) < 4.78 is 15.6. The van der Waals surface area contributed by atoms with Gasteiger partial charge >= 0.3 is 18.2 Å². The molecule has 0 radical (unpaired) electrons. The summed E-state index contributed by atoms with van der Waals surface area (Å²) in [6.07, 6.45) is 0.424. The first-order valence-electron chi connectivity index (χ1n) is 11.9. The molecule has 0 bridgehead atoms. The van der Waals surface area contributed by atoms with Crippen LogP contribution >= 0.6 is 0 Å². The van der Waals surface area contributed by atoms with Crippen molar-refractivity contribution in [3.63, 3.8) is 0 Å². The molecular weight excluding hydrogens is 464 g/mol. The third-order valence-corrected chi connectivity index (χ3v) is 5.07. The number of benzene rings is 2. The van der Waals surface area contributed by atoms with E-state index in [1.54, 1.807) is 24.3 Å². The van der Waals surface area contributed by atoms with Crippen molar-refractivity contribution < 1.29 is 28.6 Å². The molecule has 36 heavy (non-hydrogen) atoms. The van der Waals surface area contributed by atoms with E-state index in [9.17, 15) is 14.4 Å². The highest BCUT2D eigenvalue weighted by Crippen LogP contribution is 2.07. The van der Waals surface area contributed by atoms with Crippen molar-refractivity contribution in [3.05, 3.63) is 71.8 Å². The van der Waals surface area contributed by atoms with E-state index in [1.165, 1.54) is 0 Å². The molecule has 0 unspecified atom stereocenters. The van der Waals surface area contributed by atoms with Crippen molar-refractivity contribution in [1.29, 1.82) is 5.41 Å². The maximum atomic E-state index is 12.8. The molecule has 0 heterocycles. The van der Waals surface area contributed by atoms with Crippen LogP contribution in [0.4, 0.5) is 9.59 Å². The Labute approximate surface area is 211 Å². The third kappa shape index (κ3) is 10.6. The first-order valence-corrected chi connectivity index (χ1v) is 11.9. The number of esters is 1. The van der Waals surface area contributed by atoms with E-state index >= 15 is 0 Å². The van der Waals surface area contributed by atoms with Gasteiger partial charge in [-0.1, -0.05) is 74.0 Å². The molecule has 0 fully saturated rings. The van der Waals surface area contributed by atoms with Gasteiger partial charge < -0.3 is 19.9 Å². The van der Waals surface area contributed by atoms with Gasteiger partial charge in [-0.2, -0.15) is 0 Å². The lowest BCUT2D eigenvalue weighted by molar-refractivity contribution is -0.145. The number of alkyl carbamates (subject to hydrolysis) is 1. The molecule has 0 saturated heterocycles. The molecule has 2 amide bonds. The van der Waals surface area contributed by atoms with E-state index in [1.807, 2.05) is 43.3 Å². The molecule has 0 aliphatic heterocycles. The first kappa shape index (κ1) is 28.3. The van der Waals surface area contributed by atoms with Crippen LogP contribution in [0.15, 0.2) is 60.7 Å². The van der Waals surface area contributed by atoms with Gasteiger partial charge in [0.15, 0.2) is 0 Å². The second-order valence-corrected chi connectivity index (χ2v) is 8.00. The van der Waals surface area contributed by atoms with E-state index in [0.717, 1.165) is 28.9 Å². The van der Waals surface area contributed by atoms with Crippen LogP contribution in [-0.4, -0.2) is 48.2 Å². The zero-order valence-corrected chi connectivity index (χ0v) is 20.5. The minimum Gasteiger partial charge on any atom is -0.465 e. The van der Waals surface area contributed by atoms with Gasteiger partial charge in [0, 0.05) is 6.54 Å². The summed E-state index contributed by atoms with van der Waals surface area (Å²) >= 11 is 0. The van der Waals surface area contributed by atoms with Crippen LogP contribution in [0.1, 0.15) is 43.7 Å². The average Bonchev–Trinajstić information content (AvgIpc) is 2.89. The topological polar surface area (TPSA) is 144 Å². The second-order valence-electron chi connectivity index (χ2n) is 8.00. The molecule has 2 aromatic carbocycles. The largest absolute Gasteiger partial charge is 0.465 e. The molecule has 0 aliphatic carbocycles. The Kier molecular flexibility index (Phi) is 12.5. The van der Waals surface area contributed by atoms with Crippen LogP contribution in [0.2, 0.25) is 0 Å². The van der Waals surface area contributed by atoms with Gasteiger partial charge in [-0.25, -0.2) is 14.5 Å². The first-order chi connectivity index (χ1) is 17.4. The molecule has 0 spiro atoms. The minimum absolute atomic E-state index is 0.00734. The number of carbonyl (C=O) groups excluding carboxylic acids is 3. The summed E-state index contributed by atoms with van der Waals surface area (Å²) in [7, 11) is 0. The van der Waals surface area contributed by atoms with Crippen molar-refractivity contribution >= 4 is 24.1 Å². The van der Waals surface area contributed by atoms with Gasteiger partial charge in [0.2, 0.25) is 5.96 Å². The second kappa shape index (κ2) is 15.9. The molecule has 1 atom stereocenters. The summed E-state index contributed by atoms with van der Waals surface area (Å²) in [4.78, 5) is 37.9. The molecule has 0 aliphatic rings. The minimum atomic E-state index is -0.888. The highest BCUT2D eigenvalue weighted by atomic mass is 16.6. The van der Waals surface area contributed by atoms with Gasteiger partial charge in [0.05, 0.1) is 6.61 Å². The summed E-state index contributed by atoms with van der Waals surface area (Å²) in [6.45, 7) is 2.28. The molecule has 0 saturated carbocycles. The van der Waals surface area contributed by atoms with E-state index in [0.29, 0.717) is 6.61 Å². The lowest BCUT2D eigenvalue weighted by atomic mass is 10.1. The molecule has 2 rings (SSSR count). The van der Waals surface area contributed by atoms with E-state index in [2.05, 4.69) is 5.32 Å². The molecule has 4 N–H and O–H groups in total. The number of nitrogens with one attached hydrogen (secondary N) is 2. The van der Waals surface area contributed by atoms with Crippen molar-refractivity contribution in [2.24, 2.45) is 5.73 Å². The van der Waals surface area contributed by atoms with E-state index < -0.39 is 30.2 Å². The number of nitrogens with two attached hydrogens (primary N) is 1. The molecule has 10 nitrogen and oxygen atoms in total. The quantitative estimate of drug-likeness (QED) is 0.132. The van der Waals surface area contributed by atoms with Gasteiger partial charge in [0.1, 0.15) is 19.3 Å². The fourth-order valence-corrected chi connectivity index (χ4v) is 3.03. The number of nitrogens with zero attached hydrogens (tertiary/aromatic N) is 1. The standard InChI is InChI=1S/C26H34N4O6/c1-2-3-17-34-23(31)22(27)15-10-16-30(26(33)36-19-21-13-8-5-9-14-21)24(28)29-25(32)35-18-20-11-6-4-7-12-20/h4-9,11-14,22H,2-3,10,15-19,27H2,1H3,(H2,28,29,32)/t22-/m0/s1. The third-order valence-electron chi connectivity index (χ3n) is 5.07. The Morgan fingerprint density at radius 2 is 1.50 bits per heavy atom. The van der Waals surface area contributed by atoms with E-state index in [-0.39, 0.29) is 32.6 Å². The molecular formula is C26H34N4O6. The number of amides is 2. The molecule has 2 aromatic rings. The Bertz CT molecular complexity index is 971. The highest BCUT2D eigenvalue weighted by molar-refractivity contribution is 5.99. The smallest absolute Gasteiger partial charge is 0.416 e. The van der Waals surface area contributed by atoms with Crippen LogP contribution in [-0.2, 0) is 32.2 Å². The maximum Gasteiger partial charge on any atom is 0.416 e. The zero-order chi connectivity index (χ0) is 26.2. The molecule has 10 heteroatoms. The van der Waals surface area contributed by atoms with Crippen molar-refractivity contribution in [3.8, 4) is 0 Å². The maximum absolute atomic E-state index is 12.8. The number of unbranched alkanes of at least 4 members (excludes halogenated alkanes) is 1. The van der Waals surface area contributed by atoms with Gasteiger partial charge in [-0.05, 0) is 30.4 Å². The summed E-state index contributed by atoms with van der Waals surface area (Å²) in [6, 6.07) is 17.3. The van der Waals surface area contributed by atoms with Gasteiger partial charge in [0.25, 0.3) is 0 Å². The summed E-state index contributed by atoms with van der Waals surface area (Å²) in [5, 5.41) is 10.5.